The van der Waals surface area contributed by atoms with E-state index in [-0.39, 0.29) is 11.5 Å². The number of alkyl halides is 3. The number of aromatic nitrogens is 1. The van der Waals surface area contributed by atoms with Crippen LogP contribution in [0.2, 0.25) is 5.02 Å². The van der Waals surface area contributed by atoms with Crippen molar-refractivity contribution in [3.63, 3.8) is 0 Å². The largest absolute Gasteiger partial charge is 0.495 e. The highest BCUT2D eigenvalue weighted by Gasteiger charge is 2.31. The lowest BCUT2D eigenvalue weighted by Gasteiger charge is -2.16. The lowest BCUT2D eigenvalue weighted by molar-refractivity contribution is -0.137. The van der Waals surface area contributed by atoms with E-state index in [0.717, 1.165) is 6.07 Å². The Hall–Kier alpha value is -2.35. The molecular formula is C14H13ClF3N3O2. The first-order chi connectivity index (χ1) is 10.8. The molecule has 1 heterocycles. The smallest absolute Gasteiger partial charge is 0.417 e. The molecule has 0 saturated carbocycles. The van der Waals surface area contributed by atoms with Crippen LogP contribution in [-0.4, -0.2) is 19.2 Å². The molecule has 0 spiro atoms. The third kappa shape index (κ3) is 3.70. The second-order valence-corrected chi connectivity index (χ2v) is 4.87. The number of nitrogens with zero attached hydrogens (tertiary/aromatic N) is 1. The predicted molar refractivity (Wildman–Crippen MR) is 81.5 cm³/mol. The summed E-state index contributed by atoms with van der Waals surface area (Å²) in [5.41, 5.74) is 5.03. The van der Waals surface area contributed by atoms with Crippen LogP contribution in [0.25, 0.3) is 0 Å². The Kier molecular flexibility index (Phi) is 4.74. The summed E-state index contributed by atoms with van der Waals surface area (Å²) in [6.45, 7) is 0. The summed E-state index contributed by atoms with van der Waals surface area (Å²) < 4.78 is 48.6. The van der Waals surface area contributed by atoms with Crippen molar-refractivity contribution in [1.29, 1.82) is 0 Å². The lowest BCUT2D eigenvalue weighted by Crippen LogP contribution is -2.08. The van der Waals surface area contributed by atoms with E-state index in [9.17, 15) is 13.2 Å². The molecule has 0 unspecified atom stereocenters. The molecule has 3 N–H and O–H groups in total. The van der Waals surface area contributed by atoms with E-state index in [0.29, 0.717) is 28.4 Å². The molecule has 0 aliphatic carbocycles. The Bertz CT molecular complexity index is 723. The molecule has 0 saturated heterocycles. The molecule has 0 amide bonds. The number of nitrogen functional groups attached to an aromatic ring is 1. The zero-order valence-electron chi connectivity index (χ0n) is 12.2. The second-order valence-electron chi connectivity index (χ2n) is 4.47. The molecule has 0 radical (unpaired) electrons. The minimum atomic E-state index is -4.53. The molecule has 5 nitrogen and oxygen atoms in total. The van der Waals surface area contributed by atoms with Gasteiger partial charge in [0.05, 0.1) is 36.2 Å². The van der Waals surface area contributed by atoms with Gasteiger partial charge < -0.3 is 20.5 Å². The van der Waals surface area contributed by atoms with Crippen LogP contribution >= 0.6 is 11.6 Å². The summed E-state index contributed by atoms with van der Waals surface area (Å²) in [6.07, 6.45) is -3.86. The SMILES string of the molecule is COc1cc(Nc2cc(C(F)(F)F)cnc2N)c(OC)cc1Cl. The third-order valence-corrected chi connectivity index (χ3v) is 3.28. The van der Waals surface area contributed by atoms with Gasteiger partial charge in [-0.3, -0.25) is 0 Å². The number of halogens is 4. The number of ether oxygens (including phenoxy) is 2. The molecule has 0 bridgehead atoms. The quantitative estimate of drug-likeness (QED) is 0.871. The van der Waals surface area contributed by atoms with Gasteiger partial charge in [-0.2, -0.15) is 13.2 Å². The Balaban J connectivity index is 2.46. The summed E-state index contributed by atoms with van der Waals surface area (Å²) in [5.74, 6) is 0.551. The molecule has 1 aromatic carbocycles. The summed E-state index contributed by atoms with van der Waals surface area (Å²) >= 11 is 5.98. The number of nitrogens with one attached hydrogen (secondary N) is 1. The minimum Gasteiger partial charge on any atom is -0.495 e. The van der Waals surface area contributed by atoms with E-state index in [2.05, 4.69) is 10.3 Å². The number of benzene rings is 1. The van der Waals surface area contributed by atoms with Gasteiger partial charge in [-0.15, -0.1) is 0 Å². The fourth-order valence-electron chi connectivity index (χ4n) is 1.83. The number of methoxy groups -OCH3 is 2. The van der Waals surface area contributed by atoms with Gasteiger partial charge >= 0.3 is 6.18 Å². The molecule has 23 heavy (non-hydrogen) atoms. The third-order valence-electron chi connectivity index (χ3n) is 2.99. The van der Waals surface area contributed by atoms with Crippen molar-refractivity contribution in [1.82, 2.24) is 4.98 Å². The molecule has 0 aliphatic rings. The molecule has 9 heteroatoms. The van der Waals surface area contributed by atoms with E-state index in [4.69, 9.17) is 26.8 Å². The van der Waals surface area contributed by atoms with Gasteiger partial charge in [-0.1, -0.05) is 11.6 Å². The highest BCUT2D eigenvalue weighted by molar-refractivity contribution is 6.32. The predicted octanol–water partition coefficient (Wildman–Crippen LogP) is 4.10. The van der Waals surface area contributed by atoms with Crippen LogP contribution in [0.3, 0.4) is 0 Å². The summed E-state index contributed by atoms with van der Waals surface area (Å²) in [4.78, 5) is 3.55. The van der Waals surface area contributed by atoms with Crippen LogP contribution in [0.1, 0.15) is 5.56 Å². The molecular weight excluding hydrogens is 335 g/mol. The minimum absolute atomic E-state index is 0.0116. The number of rotatable bonds is 4. The maximum Gasteiger partial charge on any atom is 0.417 e. The maximum absolute atomic E-state index is 12.8. The lowest BCUT2D eigenvalue weighted by atomic mass is 10.2. The van der Waals surface area contributed by atoms with Crippen LogP contribution < -0.4 is 20.5 Å². The topological polar surface area (TPSA) is 69.4 Å². The van der Waals surface area contributed by atoms with Crippen LogP contribution in [-0.2, 0) is 6.18 Å². The normalized spacial score (nSPS) is 11.2. The number of nitrogens with two attached hydrogens (primary N) is 1. The monoisotopic (exact) mass is 347 g/mol. The Morgan fingerprint density at radius 2 is 1.74 bits per heavy atom. The zero-order chi connectivity index (χ0) is 17.2. The number of hydrogen-bond acceptors (Lipinski definition) is 5. The standard InChI is InChI=1S/C14H13ClF3N3O2/c1-22-11-5-9(12(23-2)4-8(11)15)21-10-3-7(14(16,17)18)6-20-13(10)19/h3-6,21H,1-2H3,(H2,19,20). The number of anilines is 3. The molecule has 0 fully saturated rings. The van der Waals surface area contributed by atoms with E-state index in [1.54, 1.807) is 0 Å². The van der Waals surface area contributed by atoms with E-state index >= 15 is 0 Å². The van der Waals surface area contributed by atoms with Gasteiger partial charge in [0.15, 0.2) is 0 Å². The highest BCUT2D eigenvalue weighted by Crippen LogP contribution is 2.39. The van der Waals surface area contributed by atoms with Gasteiger partial charge in [0.2, 0.25) is 0 Å². The van der Waals surface area contributed by atoms with Gasteiger partial charge in [0.1, 0.15) is 17.3 Å². The first kappa shape index (κ1) is 17.0. The summed E-state index contributed by atoms with van der Waals surface area (Å²) in [7, 11) is 2.81. The Morgan fingerprint density at radius 1 is 1.09 bits per heavy atom. The van der Waals surface area contributed by atoms with Crippen molar-refractivity contribution in [2.75, 3.05) is 25.3 Å². The average molecular weight is 348 g/mol. The van der Waals surface area contributed by atoms with Crippen molar-refractivity contribution >= 4 is 28.8 Å². The summed E-state index contributed by atoms with van der Waals surface area (Å²) in [6, 6.07) is 3.82. The van der Waals surface area contributed by atoms with Crippen molar-refractivity contribution in [3.05, 3.63) is 35.0 Å². The first-order valence-electron chi connectivity index (χ1n) is 6.27. The average Bonchev–Trinajstić information content (AvgIpc) is 2.49. The van der Waals surface area contributed by atoms with Crippen LogP contribution in [0.4, 0.5) is 30.4 Å². The molecule has 2 rings (SSSR count). The number of hydrogen-bond donors (Lipinski definition) is 2. The van der Waals surface area contributed by atoms with E-state index in [1.807, 2.05) is 0 Å². The molecule has 2 aromatic rings. The summed E-state index contributed by atoms with van der Waals surface area (Å²) in [5, 5.41) is 3.05. The zero-order valence-corrected chi connectivity index (χ0v) is 12.9. The molecule has 0 atom stereocenters. The van der Waals surface area contributed by atoms with Gasteiger partial charge in [0.25, 0.3) is 0 Å². The molecule has 0 aliphatic heterocycles. The Morgan fingerprint density at radius 3 is 2.30 bits per heavy atom. The van der Waals surface area contributed by atoms with Crippen LogP contribution in [0.5, 0.6) is 11.5 Å². The van der Waals surface area contributed by atoms with Gasteiger partial charge in [0, 0.05) is 18.3 Å². The Labute approximate surface area is 135 Å². The fraction of sp³-hybridized carbons (Fsp3) is 0.214. The molecule has 124 valence electrons. The highest BCUT2D eigenvalue weighted by atomic mass is 35.5. The van der Waals surface area contributed by atoms with Crippen molar-refractivity contribution < 1.29 is 22.6 Å². The van der Waals surface area contributed by atoms with Crippen LogP contribution in [0, 0.1) is 0 Å². The maximum atomic E-state index is 12.8. The van der Waals surface area contributed by atoms with Crippen molar-refractivity contribution in [2.24, 2.45) is 0 Å². The van der Waals surface area contributed by atoms with E-state index in [1.165, 1.54) is 26.4 Å². The van der Waals surface area contributed by atoms with Gasteiger partial charge in [-0.25, -0.2) is 4.98 Å². The van der Waals surface area contributed by atoms with Crippen LogP contribution in [0.15, 0.2) is 24.4 Å². The number of pyridine rings is 1. The van der Waals surface area contributed by atoms with E-state index < -0.39 is 11.7 Å². The first-order valence-corrected chi connectivity index (χ1v) is 6.65. The van der Waals surface area contributed by atoms with Crippen molar-refractivity contribution in [2.45, 2.75) is 6.18 Å². The molecule has 1 aromatic heterocycles. The van der Waals surface area contributed by atoms with Gasteiger partial charge in [-0.05, 0) is 6.07 Å². The van der Waals surface area contributed by atoms with Crippen molar-refractivity contribution in [3.8, 4) is 11.5 Å². The fourth-order valence-corrected chi connectivity index (χ4v) is 2.06. The second kappa shape index (κ2) is 6.41.